The van der Waals surface area contributed by atoms with Crippen molar-refractivity contribution in [3.05, 3.63) is 53.8 Å². The van der Waals surface area contributed by atoms with Crippen LogP contribution in [0.2, 0.25) is 0 Å². The summed E-state index contributed by atoms with van der Waals surface area (Å²) in [5.41, 5.74) is 1.13. The Morgan fingerprint density at radius 1 is 1.04 bits per heavy atom. The van der Waals surface area contributed by atoms with Crippen LogP contribution < -0.4 is 14.4 Å². The standard InChI is InChI=1S/C18H19FN2O4S/c19-15-2-1-3-16(11-15)26(22,23)21-8-6-20(7-9-21)12-14-4-5-17-18(10-14)25-13-24-17/h1-5,10-11H,6-9,12-13H2/p+1. The van der Waals surface area contributed by atoms with Crippen molar-refractivity contribution in [2.75, 3.05) is 33.0 Å². The zero-order chi connectivity index (χ0) is 18.1. The molecule has 0 saturated carbocycles. The molecular formula is C18H20FN2O4S+. The Kier molecular flexibility index (Phi) is 4.56. The molecule has 2 aliphatic rings. The van der Waals surface area contributed by atoms with Gasteiger partial charge in [-0.3, -0.25) is 0 Å². The number of hydrogen-bond donors (Lipinski definition) is 1. The summed E-state index contributed by atoms with van der Waals surface area (Å²) >= 11 is 0. The van der Waals surface area contributed by atoms with Gasteiger partial charge in [-0.15, -0.1) is 0 Å². The van der Waals surface area contributed by atoms with E-state index in [1.165, 1.54) is 27.4 Å². The molecule has 2 aromatic carbocycles. The topological polar surface area (TPSA) is 60.3 Å². The lowest BCUT2D eigenvalue weighted by Crippen LogP contribution is -3.13. The molecule has 2 heterocycles. The first-order valence-corrected chi connectivity index (χ1v) is 9.94. The predicted molar refractivity (Wildman–Crippen MR) is 92.1 cm³/mol. The normalized spacial score (nSPS) is 18.2. The average molecular weight is 379 g/mol. The van der Waals surface area contributed by atoms with Crippen LogP contribution in [0.25, 0.3) is 0 Å². The van der Waals surface area contributed by atoms with E-state index in [0.29, 0.717) is 26.2 Å². The van der Waals surface area contributed by atoms with Gasteiger partial charge in [0.25, 0.3) is 0 Å². The van der Waals surface area contributed by atoms with E-state index in [0.717, 1.165) is 29.7 Å². The number of fused-ring (bicyclic) bond motifs is 1. The highest BCUT2D eigenvalue weighted by Crippen LogP contribution is 2.32. The predicted octanol–water partition coefficient (Wildman–Crippen LogP) is 0.644. The molecule has 1 N–H and O–H groups in total. The van der Waals surface area contributed by atoms with Crippen LogP contribution in [-0.4, -0.2) is 45.7 Å². The summed E-state index contributed by atoms with van der Waals surface area (Å²) in [6.07, 6.45) is 0. The fourth-order valence-electron chi connectivity index (χ4n) is 3.34. The minimum atomic E-state index is -3.65. The SMILES string of the molecule is O=S(=O)(c1cccc(F)c1)N1CC[NH+](Cc2ccc3c(c2)OCO3)CC1. The average Bonchev–Trinajstić information content (AvgIpc) is 3.10. The van der Waals surface area contributed by atoms with Crippen LogP contribution in [0.15, 0.2) is 47.4 Å². The molecular weight excluding hydrogens is 359 g/mol. The van der Waals surface area contributed by atoms with Gasteiger partial charge in [0.05, 0.1) is 31.1 Å². The van der Waals surface area contributed by atoms with Gasteiger partial charge in [-0.25, -0.2) is 12.8 Å². The second-order valence-corrected chi connectivity index (χ2v) is 8.41. The van der Waals surface area contributed by atoms with Crippen molar-refractivity contribution in [1.29, 1.82) is 0 Å². The molecule has 2 aliphatic heterocycles. The first kappa shape index (κ1) is 17.3. The van der Waals surface area contributed by atoms with Crippen molar-refractivity contribution in [2.24, 2.45) is 0 Å². The number of sulfonamides is 1. The van der Waals surface area contributed by atoms with E-state index >= 15 is 0 Å². The molecule has 0 bridgehead atoms. The molecule has 0 aliphatic carbocycles. The molecule has 1 saturated heterocycles. The Labute approximate surface area is 151 Å². The fourth-order valence-corrected chi connectivity index (χ4v) is 4.81. The third kappa shape index (κ3) is 3.40. The minimum absolute atomic E-state index is 0.0109. The third-order valence-corrected chi connectivity index (χ3v) is 6.65. The molecule has 1 fully saturated rings. The van der Waals surface area contributed by atoms with Crippen molar-refractivity contribution in [2.45, 2.75) is 11.4 Å². The van der Waals surface area contributed by atoms with Crippen molar-refractivity contribution in [3.63, 3.8) is 0 Å². The highest BCUT2D eigenvalue weighted by atomic mass is 32.2. The highest BCUT2D eigenvalue weighted by Gasteiger charge is 2.30. The number of nitrogens with zero attached hydrogens (tertiary/aromatic N) is 1. The Bertz CT molecular complexity index is 911. The second kappa shape index (κ2) is 6.86. The molecule has 26 heavy (non-hydrogen) atoms. The van der Waals surface area contributed by atoms with E-state index in [2.05, 4.69) is 0 Å². The van der Waals surface area contributed by atoms with E-state index in [9.17, 15) is 12.8 Å². The van der Waals surface area contributed by atoms with Crippen LogP contribution in [0.4, 0.5) is 4.39 Å². The van der Waals surface area contributed by atoms with Crippen molar-refractivity contribution < 1.29 is 27.2 Å². The fraction of sp³-hybridized carbons (Fsp3) is 0.333. The first-order valence-electron chi connectivity index (χ1n) is 8.50. The Morgan fingerprint density at radius 2 is 1.81 bits per heavy atom. The van der Waals surface area contributed by atoms with Crippen molar-refractivity contribution in [3.8, 4) is 11.5 Å². The van der Waals surface area contributed by atoms with Gasteiger partial charge in [0, 0.05) is 5.56 Å². The molecule has 0 aromatic heterocycles. The highest BCUT2D eigenvalue weighted by molar-refractivity contribution is 7.89. The summed E-state index contributed by atoms with van der Waals surface area (Å²) < 4.78 is 50.8. The largest absolute Gasteiger partial charge is 0.454 e. The monoisotopic (exact) mass is 379 g/mol. The summed E-state index contributed by atoms with van der Waals surface area (Å²) in [5.74, 6) is 0.974. The maximum Gasteiger partial charge on any atom is 0.243 e. The molecule has 138 valence electrons. The number of hydrogen-bond acceptors (Lipinski definition) is 4. The second-order valence-electron chi connectivity index (χ2n) is 6.48. The summed E-state index contributed by atoms with van der Waals surface area (Å²) in [6.45, 7) is 3.27. The lowest BCUT2D eigenvalue weighted by atomic mass is 10.2. The maximum atomic E-state index is 13.4. The number of halogens is 1. The summed E-state index contributed by atoms with van der Waals surface area (Å²) in [5, 5.41) is 0. The van der Waals surface area contributed by atoms with Crippen molar-refractivity contribution in [1.82, 2.24) is 4.31 Å². The zero-order valence-corrected chi connectivity index (χ0v) is 15.0. The van der Waals surface area contributed by atoms with E-state index in [1.807, 2.05) is 18.2 Å². The van der Waals surface area contributed by atoms with Gasteiger partial charge >= 0.3 is 0 Å². The van der Waals surface area contributed by atoms with Crippen LogP contribution >= 0.6 is 0 Å². The molecule has 6 nitrogen and oxygen atoms in total. The van der Waals surface area contributed by atoms with Crippen LogP contribution in [-0.2, 0) is 16.6 Å². The van der Waals surface area contributed by atoms with Crippen LogP contribution in [0.1, 0.15) is 5.56 Å². The number of nitrogens with one attached hydrogen (secondary N) is 1. The molecule has 0 radical (unpaired) electrons. The lowest BCUT2D eigenvalue weighted by molar-refractivity contribution is -0.917. The van der Waals surface area contributed by atoms with E-state index < -0.39 is 15.8 Å². The van der Waals surface area contributed by atoms with E-state index in [-0.39, 0.29) is 11.7 Å². The number of ether oxygens (including phenoxy) is 2. The quantitative estimate of drug-likeness (QED) is 0.847. The lowest BCUT2D eigenvalue weighted by Gasteiger charge is -2.31. The Hall–Kier alpha value is -2.16. The Morgan fingerprint density at radius 3 is 2.58 bits per heavy atom. The van der Waals surface area contributed by atoms with Crippen LogP contribution in [0.5, 0.6) is 11.5 Å². The molecule has 8 heteroatoms. The molecule has 0 spiro atoms. The van der Waals surface area contributed by atoms with Gasteiger partial charge in [-0.2, -0.15) is 4.31 Å². The Balaban J connectivity index is 1.39. The van der Waals surface area contributed by atoms with Gasteiger partial charge in [0.1, 0.15) is 12.4 Å². The molecule has 4 rings (SSSR count). The maximum absolute atomic E-state index is 13.4. The summed E-state index contributed by atoms with van der Waals surface area (Å²) in [4.78, 5) is 1.31. The smallest absolute Gasteiger partial charge is 0.243 e. The van der Waals surface area contributed by atoms with Gasteiger partial charge in [-0.05, 0) is 36.4 Å². The van der Waals surface area contributed by atoms with Gasteiger partial charge in [0.15, 0.2) is 11.5 Å². The zero-order valence-electron chi connectivity index (χ0n) is 14.2. The number of rotatable bonds is 4. The first-order chi connectivity index (χ1) is 12.5. The van der Waals surface area contributed by atoms with Gasteiger partial charge < -0.3 is 14.4 Å². The molecule has 0 amide bonds. The summed E-state index contributed by atoms with van der Waals surface area (Å²) in [7, 11) is -3.65. The van der Waals surface area contributed by atoms with Crippen LogP contribution in [0.3, 0.4) is 0 Å². The van der Waals surface area contributed by atoms with Gasteiger partial charge in [0.2, 0.25) is 16.8 Å². The number of quaternary nitrogens is 1. The molecule has 0 unspecified atom stereocenters. The van der Waals surface area contributed by atoms with E-state index in [4.69, 9.17) is 9.47 Å². The third-order valence-electron chi connectivity index (χ3n) is 4.75. The summed E-state index contributed by atoms with van der Waals surface area (Å²) in [6, 6.07) is 11.1. The number of piperazine rings is 1. The minimum Gasteiger partial charge on any atom is -0.454 e. The van der Waals surface area contributed by atoms with E-state index in [1.54, 1.807) is 0 Å². The molecule has 0 atom stereocenters. The van der Waals surface area contributed by atoms with Crippen LogP contribution in [0, 0.1) is 5.82 Å². The number of benzene rings is 2. The van der Waals surface area contributed by atoms with Crippen molar-refractivity contribution >= 4 is 10.0 Å². The van der Waals surface area contributed by atoms with Gasteiger partial charge in [-0.1, -0.05) is 6.07 Å². The molecule has 2 aromatic rings.